The van der Waals surface area contributed by atoms with E-state index in [2.05, 4.69) is 10.5 Å². The van der Waals surface area contributed by atoms with Gasteiger partial charge in [-0.25, -0.2) is 0 Å². The molecule has 0 spiro atoms. The Morgan fingerprint density at radius 3 is 2.59 bits per heavy atom. The first-order valence-electron chi connectivity index (χ1n) is 7.25. The lowest BCUT2D eigenvalue weighted by Gasteiger charge is -2.10. The van der Waals surface area contributed by atoms with Crippen molar-refractivity contribution in [1.29, 1.82) is 0 Å². The van der Waals surface area contributed by atoms with Gasteiger partial charge in [-0.1, -0.05) is 35.0 Å². The lowest BCUT2D eigenvalue weighted by Crippen LogP contribution is -2.16. The fourth-order valence-electron chi connectivity index (χ4n) is 2.58. The van der Waals surface area contributed by atoms with Gasteiger partial charge < -0.3 is 9.84 Å². The molecule has 3 aromatic rings. The molecule has 4 nitrogen and oxygen atoms in total. The van der Waals surface area contributed by atoms with Crippen molar-refractivity contribution in [1.82, 2.24) is 5.16 Å². The Bertz CT molecular complexity index is 829. The zero-order valence-electron chi connectivity index (χ0n) is 12.9. The molecule has 112 valence electrons. The number of nitrogens with zero attached hydrogens (tertiary/aromatic N) is 1. The molecule has 4 heteroatoms. The zero-order valence-corrected chi connectivity index (χ0v) is 12.9. The number of carbonyl (C=O) groups excluding carboxylic acids is 1. The predicted molar refractivity (Wildman–Crippen MR) is 87.0 cm³/mol. The molecule has 1 aromatic heterocycles. The number of anilines is 1. The summed E-state index contributed by atoms with van der Waals surface area (Å²) in [5.74, 6) is -0.0888. The smallest absolute Gasteiger partial charge is 0.230 e. The lowest BCUT2D eigenvalue weighted by molar-refractivity contribution is -0.115. The number of rotatable bonds is 3. The molecule has 1 amide bonds. The topological polar surface area (TPSA) is 55.1 Å². The van der Waals surface area contributed by atoms with E-state index in [0.717, 1.165) is 27.8 Å². The van der Waals surface area contributed by atoms with Crippen molar-refractivity contribution in [2.24, 2.45) is 0 Å². The van der Waals surface area contributed by atoms with Crippen LogP contribution in [0.5, 0.6) is 0 Å². The van der Waals surface area contributed by atoms with E-state index in [1.807, 2.05) is 57.2 Å². The van der Waals surface area contributed by atoms with Crippen LogP contribution >= 0.6 is 0 Å². The number of hydrogen-bond donors (Lipinski definition) is 1. The molecule has 22 heavy (non-hydrogen) atoms. The second-order valence-electron chi connectivity index (χ2n) is 5.62. The summed E-state index contributed by atoms with van der Waals surface area (Å²) in [5.41, 5.74) is 5.47. The van der Waals surface area contributed by atoms with Gasteiger partial charge in [-0.05, 0) is 44.0 Å². The maximum atomic E-state index is 12.3. The minimum absolute atomic E-state index is 0.0888. The Kier molecular flexibility index (Phi) is 3.67. The number of para-hydroxylation sites is 1. The Morgan fingerprint density at radius 1 is 1.14 bits per heavy atom. The van der Waals surface area contributed by atoms with Crippen molar-refractivity contribution >= 4 is 22.6 Å². The molecule has 0 radical (unpaired) electrons. The van der Waals surface area contributed by atoms with Crippen LogP contribution in [0.3, 0.4) is 0 Å². The molecule has 1 heterocycles. The highest BCUT2D eigenvalue weighted by molar-refractivity contribution is 5.95. The highest BCUT2D eigenvalue weighted by atomic mass is 16.5. The third-order valence-electron chi connectivity index (χ3n) is 3.77. The molecule has 0 aliphatic heterocycles. The van der Waals surface area contributed by atoms with Crippen LogP contribution in [-0.4, -0.2) is 11.1 Å². The summed E-state index contributed by atoms with van der Waals surface area (Å²) in [6, 6.07) is 11.8. The van der Waals surface area contributed by atoms with Crippen LogP contribution in [-0.2, 0) is 11.2 Å². The van der Waals surface area contributed by atoms with Gasteiger partial charge in [-0.15, -0.1) is 0 Å². The van der Waals surface area contributed by atoms with Gasteiger partial charge in [0, 0.05) is 11.1 Å². The van der Waals surface area contributed by atoms with Crippen LogP contribution < -0.4 is 5.32 Å². The molecule has 0 atom stereocenters. The standard InChI is InChI=1S/C18H18N2O2/c1-11-7-8-16-14(9-11)15(20-22-16)10-17(21)19-18-12(2)5-4-6-13(18)3/h4-9H,10H2,1-3H3,(H,19,21). The molecule has 0 bridgehead atoms. The van der Waals surface area contributed by atoms with Gasteiger partial charge in [0.05, 0.1) is 6.42 Å². The number of carbonyl (C=O) groups is 1. The minimum atomic E-state index is -0.0888. The maximum absolute atomic E-state index is 12.3. The van der Waals surface area contributed by atoms with E-state index in [9.17, 15) is 4.79 Å². The van der Waals surface area contributed by atoms with Gasteiger partial charge in [0.15, 0.2) is 5.58 Å². The van der Waals surface area contributed by atoms with Gasteiger partial charge >= 0.3 is 0 Å². The molecule has 0 fully saturated rings. The fraction of sp³-hybridized carbons (Fsp3) is 0.222. The monoisotopic (exact) mass is 294 g/mol. The molecule has 1 N–H and O–H groups in total. The van der Waals surface area contributed by atoms with Gasteiger partial charge in [-0.3, -0.25) is 4.79 Å². The van der Waals surface area contributed by atoms with E-state index in [4.69, 9.17) is 4.52 Å². The average molecular weight is 294 g/mol. The zero-order chi connectivity index (χ0) is 15.7. The second kappa shape index (κ2) is 5.64. The van der Waals surface area contributed by atoms with E-state index in [1.54, 1.807) is 0 Å². The number of aryl methyl sites for hydroxylation is 3. The van der Waals surface area contributed by atoms with Crippen LogP contribution in [0, 0.1) is 20.8 Å². The molecule has 0 saturated heterocycles. The van der Waals surface area contributed by atoms with Crippen molar-refractivity contribution < 1.29 is 9.32 Å². The van der Waals surface area contributed by atoms with Crippen molar-refractivity contribution in [3.63, 3.8) is 0 Å². The Morgan fingerprint density at radius 2 is 1.86 bits per heavy atom. The summed E-state index contributed by atoms with van der Waals surface area (Å²) in [4.78, 5) is 12.3. The molecule has 0 unspecified atom stereocenters. The third-order valence-corrected chi connectivity index (χ3v) is 3.77. The van der Waals surface area contributed by atoms with Crippen LogP contribution in [0.4, 0.5) is 5.69 Å². The van der Waals surface area contributed by atoms with Gasteiger partial charge in [0.25, 0.3) is 0 Å². The number of amides is 1. The lowest BCUT2D eigenvalue weighted by atomic mass is 10.1. The number of benzene rings is 2. The van der Waals surface area contributed by atoms with E-state index >= 15 is 0 Å². The molecule has 0 aliphatic rings. The Balaban J connectivity index is 1.83. The summed E-state index contributed by atoms with van der Waals surface area (Å²) >= 11 is 0. The highest BCUT2D eigenvalue weighted by Gasteiger charge is 2.14. The highest BCUT2D eigenvalue weighted by Crippen LogP contribution is 2.22. The summed E-state index contributed by atoms with van der Waals surface area (Å²) in [6.07, 6.45) is 0.199. The third kappa shape index (κ3) is 2.72. The van der Waals surface area contributed by atoms with Gasteiger partial charge in [0.1, 0.15) is 5.69 Å². The van der Waals surface area contributed by atoms with Crippen LogP contribution in [0.25, 0.3) is 11.0 Å². The summed E-state index contributed by atoms with van der Waals surface area (Å²) < 4.78 is 5.27. The summed E-state index contributed by atoms with van der Waals surface area (Å²) in [6.45, 7) is 5.97. The number of aromatic nitrogens is 1. The second-order valence-corrected chi connectivity index (χ2v) is 5.62. The number of fused-ring (bicyclic) bond motifs is 1. The van der Waals surface area contributed by atoms with Crippen LogP contribution in [0.2, 0.25) is 0 Å². The fourth-order valence-corrected chi connectivity index (χ4v) is 2.58. The van der Waals surface area contributed by atoms with E-state index in [0.29, 0.717) is 11.3 Å². The summed E-state index contributed by atoms with van der Waals surface area (Å²) in [5, 5.41) is 7.90. The first kappa shape index (κ1) is 14.3. The van der Waals surface area contributed by atoms with Crippen LogP contribution in [0.1, 0.15) is 22.4 Å². The minimum Gasteiger partial charge on any atom is -0.356 e. The quantitative estimate of drug-likeness (QED) is 0.796. The molecule has 0 aliphatic carbocycles. The first-order chi connectivity index (χ1) is 10.5. The van der Waals surface area contributed by atoms with Gasteiger partial charge in [0.2, 0.25) is 5.91 Å². The average Bonchev–Trinajstić information content (AvgIpc) is 2.85. The predicted octanol–water partition coefficient (Wildman–Crippen LogP) is 3.93. The van der Waals surface area contributed by atoms with Crippen molar-refractivity contribution in [3.05, 3.63) is 58.8 Å². The molecular weight excluding hydrogens is 276 g/mol. The molecular formula is C18H18N2O2. The van der Waals surface area contributed by atoms with Crippen molar-refractivity contribution in [3.8, 4) is 0 Å². The Labute approximate surface area is 129 Å². The van der Waals surface area contributed by atoms with Crippen molar-refractivity contribution in [2.45, 2.75) is 27.2 Å². The van der Waals surface area contributed by atoms with Gasteiger partial charge in [-0.2, -0.15) is 0 Å². The largest absolute Gasteiger partial charge is 0.356 e. The molecule has 0 saturated carbocycles. The maximum Gasteiger partial charge on any atom is 0.230 e. The van der Waals surface area contributed by atoms with E-state index in [-0.39, 0.29) is 12.3 Å². The van der Waals surface area contributed by atoms with Crippen molar-refractivity contribution in [2.75, 3.05) is 5.32 Å². The van der Waals surface area contributed by atoms with E-state index < -0.39 is 0 Å². The molecule has 3 rings (SSSR count). The van der Waals surface area contributed by atoms with Crippen LogP contribution in [0.15, 0.2) is 40.9 Å². The SMILES string of the molecule is Cc1ccc2onc(CC(=O)Nc3c(C)cccc3C)c2c1. The Hall–Kier alpha value is -2.62. The normalized spacial score (nSPS) is 10.9. The number of nitrogens with one attached hydrogen (secondary N) is 1. The molecule has 2 aromatic carbocycles. The van der Waals surface area contributed by atoms with E-state index in [1.165, 1.54) is 0 Å². The summed E-state index contributed by atoms with van der Waals surface area (Å²) in [7, 11) is 0. The first-order valence-corrected chi connectivity index (χ1v) is 7.25. The number of hydrogen-bond acceptors (Lipinski definition) is 3.